The quantitative estimate of drug-likeness (QED) is 0.599. The summed E-state index contributed by atoms with van der Waals surface area (Å²) in [5.41, 5.74) is 1.21. The highest BCUT2D eigenvalue weighted by Gasteiger charge is 2.52. The van der Waals surface area contributed by atoms with E-state index in [1.54, 1.807) is 18.3 Å². The fraction of sp³-hybridized carbons (Fsp3) is 0.524. The van der Waals surface area contributed by atoms with E-state index in [0.29, 0.717) is 12.1 Å². The van der Waals surface area contributed by atoms with Crippen molar-refractivity contribution in [1.82, 2.24) is 9.78 Å². The van der Waals surface area contributed by atoms with E-state index in [9.17, 15) is 4.79 Å². The van der Waals surface area contributed by atoms with Crippen LogP contribution in [0.25, 0.3) is 0 Å². The Kier molecular flexibility index (Phi) is 5.19. The van der Waals surface area contributed by atoms with Crippen LogP contribution in [0.15, 0.2) is 36.7 Å². The number of rotatable bonds is 4. The van der Waals surface area contributed by atoms with Gasteiger partial charge in [-0.05, 0) is 66.2 Å². The van der Waals surface area contributed by atoms with Crippen molar-refractivity contribution in [2.75, 3.05) is 0 Å². The molecule has 1 fully saturated rings. The third kappa shape index (κ3) is 4.47. The lowest BCUT2D eigenvalue weighted by Crippen LogP contribution is -2.41. The number of nitrogens with zero attached hydrogens (tertiary/aromatic N) is 2. The zero-order valence-corrected chi connectivity index (χ0v) is 17.8. The molecule has 0 aliphatic carbocycles. The van der Waals surface area contributed by atoms with Gasteiger partial charge in [-0.1, -0.05) is 12.1 Å². The fourth-order valence-electron chi connectivity index (χ4n) is 2.84. The third-order valence-corrected chi connectivity index (χ3v) is 5.11. The number of hydrogen-bond donors (Lipinski definition) is 0. The van der Waals surface area contributed by atoms with Crippen molar-refractivity contribution in [1.29, 1.82) is 0 Å². The van der Waals surface area contributed by atoms with E-state index in [1.165, 1.54) is 0 Å². The summed E-state index contributed by atoms with van der Waals surface area (Å²) in [6, 6.07) is 7.38. The summed E-state index contributed by atoms with van der Waals surface area (Å²) < 4.78 is 19.4. The summed E-state index contributed by atoms with van der Waals surface area (Å²) in [6.07, 6.45) is 3.71. The summed E-state index contributed by atoms with van der Waals surface area (Å²) in [5, 5.41) is 4.42. The highest BCUT2D eigenvalue weighted by atomic mass is 16.7. The van der Waals surface area contributed by atoms with Crippen LogP contribution in [0.5, 0.6) is 0 Å². The molecule has 1 aromatic carbocycles. The second kappa shape index (κ2) is 7.05. The Balaban J connectivity index is 1.65. The SMILES string of the molecule is CC(C)(C)OC(=O)c1ccc(Cn2cc(B3OC(C)(C)C(C)(C)O3)cn2)cc1. The van der Waals surface area contributed by atoms with E-state index >= 15 is 0 Å². The number of carbonyl (C=O) groups is 1. The van der Waals surface area contributed by atoms with Gasteiger partial charge in [0.05, 0.1) is 23.3 Å². The number of esters is 1. The van der Waals surface area contributed by atoms with Crippen molar-refractivity contribution in [2.45, 2.75) is 71.8 Å². The van der Waals surface area contributed by atoms with Gasteiger partial charge in [0, 0.05) is 17.9 Å². The summed E-state index contributed by atoms with van der Waals surface area (Å²) in [6.45, 7) is 14.3. The average molecular weight is 384 g/mol. The van der Waals surface area contributed by atoms with Gasteiger partial charge in [-0.15, -0.1) is 0 Å². The Morgan fingerprint density at radius 2 is 1.68 bits per heavy atom. The molecule has 1 saturated heterocycles. The molecule has 0 bridgehead atoms. The van der Waals surface area contributed by atoms with Crippen LogP contribution in [0.4, 0.5) is 0 Å². The summed E-state index contributed by atoms with van der Waals surface area (Å²) in [5.74, 6) is -0.318. The summed E-state index contributed by atoms with van der Waals surface area (Å²) in [4.78, 5) is 12.1. The molecule has 1 aliphatic rings. The molecular formula is C21H29BN2O4. The number of hydrogen-bond acceptors (Lipinski definition) is 5. The number of carbonyl (C=O) groups excluding carboxylic acids is 1. The second-order valence-electron chi connectivity index (χ2n) is 9.26. The normalized spacial score (nSPS) is 18.3. The van der Waals surface area contributed by atoms with Gasteiger partial charge in [-0.2, -0.15) is 5.10 Å². The largest absolute Gasteiger partial charge is 0.498 e. The first-order valence-corrected chi connectivity index (χ1v) is 9.57. The molecule has 1 aliphatic heterocycles. The predicted molar refractivity (Wildman–Crippen MR) is 109 cm³/mol. The molecule has 3 rings (SSSR count). The topological polar surface area (TPSA) is 62.6 Å². The van der Waals surface area contributed by atoms with Gasteiger partial charge >= 0.3 is 13.1 Å². The second-order valence-corrected chi connectivity index (χ2v) is 9.26. The summed E-state index contributed by atoms with van der Waals surface area (Å²) >= 11 is 0. The molecule has 0 saturated carbocycles. The van der Waals surface area contributed by atoms with E-state index in [1.807, 2.05) is 71.5 Å². The minimum absolute atomic E-state index is 0.318. The monoisotopic (exact) mass is 384 g/mol. The Labute approximate surface area is 167 Å². The minimum atomic E-state index is -0.505. The maximum Gasteiger partial charge on any atom is 0.498 e. The average Bonchev–Trinajstić information content (AvgIpc) is 3.09. The first-order valence-electron chi connectivity index (χ1n) is 9.57. The molecular weight excluding hydrogens is 355 g/mol. The Hall–Kier alpha value is -2.12. The standard InChI is InChI=1S/C21H29BN2O4/c1-19(2,3)26-18(25)16-10-8-15(9-11-16)13-24-14-17(12-23-24)22-27-20(4,5)21(6,7)28-22/h8-12,14H,13H2,1-7H3. The summed E-state index contributed by atoms with van der Waals surface area (Å²) in [7, 11) is -0.423. The Bertz CT molecular complexity index is 834. The van der Waals surface area contributed by atoms with Crippen LogP contribution in [0.2, 0.25) is 0 Å². The maximum atomic E-state index is 12.1. The molecule has 7 heteroatoms. The number of benzene rings is 1. The van der Waals surface area contributed by atoms with Gasteiger partial charge in [0.2, 0.25) is 0 Å². The Morgan fingerprint density at radius 3 is 2.21 bits per heavy atom. The molecule has 2 aromatic rings. The highest BCUT2D eigenvalue weighted by Crippen LogP contribution is 2.36. The molecule has 0 atom stereocenters. The maximum absolute atomic E-state index is 12.1. The molecule has 0 amide bonds. The van der Waals surface area contributed by atoms with E-state index in [4.69, 9.17) is 14.0 Å². The van der Waals surface area contributed by atoms with Crippen LogP contribution < -0.4 is 5.46 Å². The third-order valence-electron chi connectivity index (χ3n) is 5.11. The van der Waals surface area contributed by atoms with E-state index in [0.717, 1.165) is 11.0 Å². The highest BCUT2D eigenvalue weighted by molar-refractivity contribution is 6.62. The molecule has 0 N–H and O–H groups in total. The Morgan fingerprint density at radius 1 is 1.11 bits per heavy atom. The molecule has 28 heavy (non-hydrogen) atoms. The van der Waals surface area contributed by atoms with Crippen molar-refractivity contribution in [3.05, 3.63) is 47.8 Å². The van der Waals surface area contributed by atoms with Gasteiger partial charge in [0.25, 0.3) is 0 Å². The van der Waals surface area contributed by atoms with Crippen LogP contribution in [0, 0.1) is 0 Å². The van der Waals surface area contributed by atoms with Gasteiger partial charge in [0.1, 0.15) is 5.60 Å². The van der Waals surface area contributed by atoms with Gasteiger partial charge in [0.15, 0.2) is 0 Å². The van der Waals surface area contributed by atoms with Crippen LogP contribution in [0.1, 0.15) is 64.4 Å². The van der Waals surface area contributed by atoms with Crippen molar-refractivity contribution in [2.24, 2.45) is 0 Å². The zero-order chi connectivity index (χ0) is 20.7. The first-order chi connectivity index (χ1) is 12.9. The molecule has 1 aromatic heterocycles. The van der Waals surface area contributed by atoms with E-state index in [-0.39, 0.29) is 17.2 Å². The number of ether oxygens (including phenoxy) is 1. The molecule has 0 spiro atoms. The molecule has 6 nitrogen and oxygen atoms in total. The fourth-order valence-corrected chi connectivity index (χ4v) is 2.84. The van der Waals surface area contributed by atoms with Crippen molar-refractivity contribution < 1.29 is 18.8 Å². The van der Waals surface area contributed by atoms with E-state index in [2.05, 4.69) is 5.10 Å². The zero-order valence-electron chi connectivity index (χ0n) is 17.8. The first kappa shape index (κ1) is 20.6. The molecule has 150 valence electrons. The van der Waals surface area contributed by atoms with Crippen LogP contribution >= 0.6 is 0 Å². The lowest BCUT2D eigenvalue weighted by molar-refractivity contribution is 0.00578. The van der Waals surface area contributed by atoms with Crippen LogP contribution in [0.3, 0.4) is 0 Å². The van der Waals surface area contributed by atoms with Gasteiger partial charge in [-0.3, -0.25) is 4.68 Å². The predicted octanol–water partition coefficient (Wildman–Crippen LogP) is 3.19. The molecule has 0 unspecified atom stereocenters. The lowest BCUT2D eigenvalue weighted by Gasteiger charge is -2.32. The lowest BCUT2D eigenvalue weighted by atomic mass is 9.82. The smallest absolute Gasteiger partial charge is 0.456 e. The van der Waals surface area contributed by atoms with Crippen molar-refractivity contribution in [3.63, 3.8) is 0 Å². The van der Waals surface area contributed by atoms with Gasteiger partial charge in [-0.25, -0.2) is 4.79 Å². The molecule has 2 heterocycles. The van der Waals surface area contributed by atoms with Crippen LogP contribution in [-0.4, -0.2) is 39.7 Å². The van der Waals surface area contributed by atoms with Crippen LogP contribution in [-0.2, 0) is 20.6 Å². The van der Waals surface area contributed by atoms with Crippen molar-refractivity contribution in [3.8, 4) is 0 Å². The minimum Gasteiger partial charge on any atom is -0.456 e. The molecule has 0 radical (unpaired) electrons. The van der Waals surface area contributed by atoms with E-state index < -0.39 is 12.7 Å². The number of aromatic nitrogens is 2. The van der Waals surface area contributed by atoms with Crippen molar-refractivity contribution >= 4 is 18.6 Å². The van der Waals surface area contributed by atoms with Gasteiger partial charge < -0.3 is 14.0 Å².